The van der Waals surface area contributed by atoms with Crippen LogP contribution in [0.15, 0.2) is 30.3 Å². The molecule has 1 heterocycles. The molecule has 1 aliphatic heterocycles. The molecule has 0 bridgehead atoms. The fraction of sp³-hybridized carbons (Fsp3) is 0.467. The van der Waals surface area contributed by atoms with E-state index in [4.69, 9.17) is 16.3 Å². The van der Waals surface area contributed by atoms with Crippen molar-refractivity contribution in [2.24, 2.45) is 5.92 Å². The third-order valence-electron chi connectivity index (χ3n) is 3.47. The largest absolute Gasteiger partial charge is 0.445 e. The molecule has 5 heteroatoms. The molecule has 1 atom stereocenters. The summed E-state index contributed by atoms with van der Waals surface area (Å²) in [6, 6.07) is 9.53. The summed E-state index contributed by atoms with van der Waals surface area (Å²) in [5, 5.41) is 0. The van der Waals surface area contributed by atoms with E-state index in [2.05, 4.69) is 0 Å². The first-order valence-electron chi connectivity index (χ1n) is 6.75. The molecular formula is C15H18ClNO3. The highest BCUT2D eigenvalue weighted by atomic mass is 35.5. The molecule has 1 fully saturated rings. The lowest BCUT2D eigenvalue weighted by Crippen LogP contribution is -2.42. The van der Waals surface area contributed by atoms with Crippen LogP contribution in [0.2, 0.25) is 0 Å². The van der Waals surface area contributed by atoms with Crippen molar-refractivity contribution < 1.29 is 14.3 Å². The van der Waals surface area contributed by atoms with E-state index in [9.17, 15) is 9.59 Å². The maximum Gasteiger partial charge on any atom is 0.410 e. The Hall–Kier alpha value is -1.55. The summed E-state index contributed by atoms with van der Waals surface area (Å²) in [5.41, 5.74) is 0.950. The van der Waals surface area contributed by atoms with Crippen LogP contribution in [0.1, 0.15) is 18.4 Å². The second-order valence-electron chi connectivity index (χ2n) is 4.93. The first-order chi connectivity index (χ1) is 9.70. The summed E-state index contributed by atoms with van der Waals surface area (Å²) >= 11 is 5.57. The molecule has 1 aromatic rings. The van der Waals surface area contributed by atoms with Gasteiger partial charge in [-0.15, -0.1) is 11.6 Å². The van der Waals surface area contributed by atoms with Crippen molar-refractivity contribution in [2.75, 3.05) is 19.0 Å². The molecule has 4 nitrogen and oxygen atoms in total. The van der Waals surface area contributed by atoms with Crippen LogP contribution >= 0.6 is 11.6 Å². The molecular weight excluding hydrogens is 278 g/mol. The zero-order chi connectivity index (χ0) is 14.4. The average molecular weight is 296 g/mol. The van der Waals surface area contributed by atoms with Crippen molar-refractivity contribution in [2.45, 2.75) is 19.4 Å². The second-order valence-corrected chi connectivity index (χ2v) is 5.19. The Kier molecular flexibility index (Phi) is 5.41. The summed E-state index contributed by atoms with van der Waals surface area (Å²) < 4.78 is 5.27. The Balaban J connectivity index is 1.84. The third-order valence-corrected chi connectivity index (χ3v) is 3.74. The number of hydrogen-bond acceptors (Lipinski definition) is 3. The fourth-order valence-corrected chi connectivity index (χ4v) is 2.54. The van der Waals surface area contributed by atoms with Gasteiger partial charge in [0.25, 0.3) is 0 Å². The smallest absolute Gasteiger partial charge is 0.410 e. The number of Topliss-reactive ketones (excluding diaryl/α,β-unsaturated/α-hetero) is 1. The number of piperidine rings is 1. The monoisotopic (exact) mass is 295 g/mol. The normalized spacial score (nSPS) is 18.6. The van der Waals surface area contributed by atoms with Gasteiger partial charge in [0, 0.05) is 19.0 Å². The number of ketones is 1. The number of halogens is 1. The number of hydrogen-bond donors (Lipinski definition) is 0. The van der Waals surface area contributed by atoms with Crippen LogP contribution in [0.5, 0.6) is 0 Å². The molecule has 0 unspecified atom stereocenters. The molecule has 1 amide bonds. The van der Waals surface area contributed by atoms with Crippen LogP contribution in [0.4, 0.5) is 4.79 Å². The lowest BCUT2D eigenvalue weighted by atomic mass is 9.95. The van der Waals surface area contributed by atoms with Crippen LogP contribution in [0, 0.1) is 5.92 Å². The predicted octanol–water partition coefficient (Wildman–Crippen LogP) is 2.84. The molecule has 1 aromatic carbocycles. The van der Waals surface area contributed by atoms with Gasteiger partial charge in [-0.1, -0.05) is 30.3 Å². The molecule has 108 valence electrons. The number of carbonyl (C=O) groups is 2. The van der Waals surface area contributed by atoms with Gasteiger partial charge in [-0.3, -0.25) is 4.79 Å². The number of amides is 1. The van der Waals surface area contributed by atoms with Crippen LogP contribution in [0.3, 0.4) is 0 Å². The molecule has 20 heavy (non-hydrogen) atoms. The lowest BCUT2D eigenvalue weighted by Gasteiger charge is -2.30. The summed E-state index contributed by atoms with van der Waals surface area (Å²) in [5.74, 6) is -0.129. The Labute approximate surface area is 123 Å². The number of benzene rings is 1. The SMILES string of the molecule is O=C(CCl)[C@H]1CCCN(C(=O)OCc2ccccc2)C1. The van der Waals surface area contributed by atoms with E-state index in [1.165, 1.54) is 0 Å². The van der Waals surface area contributed by atoms with Gasteiger partial charge in [-0.2, -0.15) is 0 Å². The van der Waals surface area contributed by atoms with Crippen molar-refractivity contribution in [1.82, 2.24) is 4.90 Å². The minimum Gasteiger partial charge on any atom is -0.445 e. The van der Waals surface area contributed by atoms with E-state index in [0.29, 0.717) is 13.1 Å². The third kappa shape index (κ3) is 3.97. The molecule has 0 spiro atoms. The van der Waals surface area contributed by atoms with Crippen LogP contribution in [-0.4, -0.2) is 35.7 Å². The Bertz CT molecular complexity index is 463. The number of likely N-dealkylation sites (tertiary alicyclic amines) is 1. The van der Waals surface area contributed by atoms with Crippen molar-refractivity contribution in [3.63, 3.8) is 0 Å². The highest BCUT2D eigenvalue weighted by molar-refractivity contribution is 6.27. The predicted molar refractivity (Wildman–Crippen MR) is 76.7 cm³/mol. The Morgan fingerprint density at radius 1 is 1.30 bits per heavy atom. The maximum absolute atomic E-state index is 12.0. The summed E-state index contributed by atoms with van der Waals surface area (Å²) in [6.07, 6.45) is 1.25. The molecule has 1 aliphatic rings. The van der Waals surface area contributed by atoms with Crippen molar-refractivity contribution in [3.05, 3.63) is 35.9 Å². The number of carbonyl (C=O) groups excluding carboxylic acids is 2. The van der Waals surface area contributed by atoms with Gasteiger partial charge < -0.3 is 9.64 Å². The number of rotatable bonds is 4. The maximum atomic E-state index is 12.0. The molecule has 0 saturated carbocycles. The van der Waals surface area contributed by atoms with E-state index < -0.39 is 0 Å². The topological polar surface area (TPSA) is 46.6 Å². The highest BCUT2D eigenvalue weighted by Gasteiger charge is 2.28. The average Bonchev–Trinajstić information content (AvgIpc) is 2.53. The minimum absolute atomic E-state index is 0.00669. The van der Waals surface area contributed by atoms with Gasteiger partial charge in [-0.25, -0.2) is 4.79 Å². The molecule has 0 radical (unpaired) electrons. The van der Waals surface area contributed by atoms with Crippen molar-refractivity contribution >= 4 is 23.5 Å². The number of alkyl halides is 1. The zero-order valence-corrected chi connectivity index (χ0v) is 12.0. The van der Waals surface area contributed by atoms with Gasteiger partial charge in [0.2, 0.25) is 0 Å². The lowest BCUT2D eigenvalue weighted by molar-refractivity contribution is -0.121. The number of ether oxygens (including phenoxy) is 1. The quantitative estimate of drug-likeness (QED) is 0.803. The van der Waals surface area contributed by atoms with E-state index in [0.717, 1.165) is 18.4 Å². The second kappa shape index (κ2) is 7.29. The molecule has 2 rings (SSSR count). The Morgan fingerprint density at radius 3 is 2.75 bits per heavy atom. The van der Waals surface area contributed by atoms with E-state index in [1.807, 2.05) is 30.3 Å². The van der Waals surface area contributed by atoms with Crippen LogP contribution in [-0.2, 0) is 16.1 Å². The fourth-order valence-electron chi connectivity index (χ4n) is 2.33. The van der Waals surface area contributed by atoms with Crippen LogP contribution in [0.25, 0.3) is 0 Å². The first kappa shape index (κ1) is 14.9. The molecule has 0 aromatic heterocycles. The van der Waals surface area contributed by atoms with Crippen molar-refractivity contribution in [3.8, 4) is 0 Å². The van der Waals surface area contributed by atoms with Gasteiger partial charge in [0.15, 0.2) is 5.78 Å². The summed E-state index contributed by atoms with van der Waals surface area (Å²) in [6.45, 7) is 1.31. The van der Waals surface area contributed by atoms with Gasteiger partial charge in [-0.05, 0) is 18.4 Å². The van der Waals surface area contributed by atoms with Crippen molar-refractivity contribution in [1.29, 1.82) is 0 Å². The molecule has 0 N–H and O–H groups in total. The molecule has 0 aliphatic carbocycles. The van der Waals surface area contributed by atoms with E-state index in [-0.39, 0.29) is 30.3 Å². The Morgan fingerprint density at radius 2 is 2.05 bits per heavy atom. The standard InChI is InChI=1S/C15H18ClNO3/c16-9-14(18)13-7-4-8-17(10-13)15(19)20-11-12-5-2-1-3-6-12/h1-3,5-6,13H,4,7-11H2/t13-/m0/s1. The summed E-state index contributed by atoms with van der Waals surface area (Å²) in [4.78, 5) is 25.2. The minimum atomic E-state index is -0.360. The first-order valence-corrected chi connectivity index (χ1v) is 7.28. The van der Waals surface area contributed by atoms with E-state index >= 15 is 0 Å². The van der Waals surface area contributed by atoms with Gasteiger partial charge in [0.05, 0.1) is 5.88 Å². The van der Waals surface area contributed by atoms with E-state index in [1.54, 1.807) is 4.90 Å². The van der Waals surface area contributed by atoms with Gasteiger partial charge >= 0.3 is 6.09 Å². The zero-order valence-electron chi connectivity index (χ0n) is 11.3. The highest BCUT2D eigenvalue weighted by Crippen LogP contribution is 2.19. The summed E-state index contributed by atoms with van der Waals surface area (Å²) in [7, 11) is 0. The molecule has 1 saturated heterocycles. The number of nitrogens with zero attached hydrogens (tertiary/aromatic N) is 1. The van der Waals surface area contributed by atoms with Gasteiger partial charge in [0.1, 0.15) is 6.61 Å². The van der Waals surface area contributed by atoms with Crippen LogP contribution < -0.4 is 0 Å².